The number of carbonyl (C=O) groups excluding carboxylic acids is 1. The van der Waals surface area contributed by atoms with Gasteiger partial charge in [-0.3, -0.25) is 0 Å². The van der Waals surface area contributed by atoms with Gasteiger partial charge in [0.1, 0.15) is 0 Å². The van der Waals surface area contributed by atoms with Crippen molar-refractivity contribution in [2.24, 2.45) is 5.41 Å². The molecule has 0 aliphatic carbocycles. The molecule has 23 heavy (non-hydrogen) atoms. The van der Waals surface area contributed by atoms with Crippen molar-refractivity contribution in [3.63, 3.8) is 0 Å². The lowest BCUT2D eigenvalue weighted by Gasteiger charge is -2.45. The summed E-state index contributed by atoms with van der Waals surface area (Å²) in [7, 11) is 0. The highest BCUT2D eigenvalue weighted by Crippen LogP contribution is 2.40. The van der Waals surface area contributed by atoms with Gasteiger partial charge in [-0.05, 0) is 34.6 Å². The van der Waals surface area contributed by atoms with Gasteiger partial charge in [0.05, 0.1) is 18.3 Å². The molecule has 0 aromatic rings. The molecule has 2 atom stereocenters. The second-order valence-electron chi connectivity index (χ2n) is 7.16. The smallest absolute Gasteiger partial charge is 0.419 e. The van der Waals surface area contributed by atoms with Crippen molar-refractivity contribution >= 4 is 5.97 Å². The third-order valence-electron chi connectivity index (χ3n) is 4.38. The molecular weight excluding hydrogens is 313 g/mol. The largest absolute Gasteiger partial charge is 0.462 e. The SMILES string of the molecule is C=C(C)C(=O)OCC(C)(C)C(C)(C)OC(C)C(C)(O)C(F)(F)F. The summed E-state index contributed by atoms with van der Waals surface area (Å²) < 4.78 is 49.3. The molecule has 0 bridgehead atoms. The summed E-state index contributed by atoms with van der Waals surface area (Å²) in [5.41, 5.74) is -4.66. The van der Waals surface area contributed by atoms with Gasteiger partial charge in [0.25, 0.3) is 0 Å². The van der Waals surface area contributed by atoms with Crippen LogP contribution in [0.2, 0.25) is 0 Å². The molecule has 0 heterocycles. The molecule has 0 aromatic carbocycles. The zero-order chi connectivity index (χ0) is 18.9. The van der Waals surface area contributed by atoms with E-state index in [-0.39, 0.29) is 12.2 Å². The van der Waals surface area contributed by atoms with Gasteiger partial charge in [-0.1, -0.05) is 20.4 Å². The first-order chi connectivity index (χ1) is 9.96. The lowest BCUT2D eigenvalue weighted by Crippen LogP contribution is -2.56. The van der Waals surface area contributed by atoms with Gasteiger partial charge >= 0.3 is 12.1 Å². The van der Waals surface area contributed by atoms with E-state index in [0.29, 0.717) is 6.92 Å². The summed E-state index contributed by atoms with van der Waals surface area (Å²) in [6.45, 7) is 13.3. The van der Waals surface area contributed by atoms with Gasteiger partial charge in [0, 0.05) is 11.0 Å². The normalized spacial score (nSPS) is 17.3. The molecule has 0 aliphatic rings. The van der Waals surface area contributed by atoms with E-state index >= 15 is 0 Å². The number of halogens is 3. The van der Waals surface area contributed by atoms with Crippen LogP contribution in [0, 0.1) is 5.41 Å². The van der Waals surface area contributed by atoms with Crippen LogP contribution < -0.4 is 0 Å². The quantitative estimate of drug-likeness (QED) is 0.568. The molecule has 0 saturated carbocycles. The highest BCUT2D eigenvalue weighted by molar-refractivity contribution is 5.86. The molecule has 0 fully saturated rings. The van der Waals surface area contributed by atoms with E-state index in [2.05, 4.69) is 6.58 Å². The Morgan fingerprint density at radius 1 is 1.17 bits per heavy atom. The Kier molecular flexibility index (Phi) is 6.49. The van der Waals surface area contributed by atoms with Gasteiger partial charge in [-0.15, -0.1) is 0 Å². The molecule has 0 rings (SSSR count). The molecule has 0 amide bonds. The molecule has 2 unspecified atom stereocenters. The summed E-state index contributed by atoms with van der Waals surface area (Å²) >= 11 is 0. The number of rotatable bonds is 7. The van der Waals surface area contributed by atoms with Gasteiger partial charge in [0.15, 0.2) is 5.60 Å². The average molecular weight is 340 g/mol. The predicted octanol–water partition coefficient (Wildman–Crippen LogP) is 3.63. The number of aliphatic hydroxyl groups is 1. The minimum atomic E-state index is -4.82. The van der Waals surface area contributed by atoms with Crippen LogP contribution in [0.3, 0.4) is 0 Å². The molecule has 0 aliphatic heterocycles. The zero-order valence-corrected chi connectivity index (χ0v) is 14.8. The second-order valence-corrected chi connectivity index (χ2v) is 7.16. The molecule has 4 nitrogen and oxygen atoms in total. The fourth-order valence-corrected chi connectivity index (χ4v) is 1.49. The van der Waals surface area contributed by atoms with Gasteiger partial charge in [-0.2, -0.15) is 13.2 Å². The standard InChI is InChI=1S/C16H27F3O4/c1-10(2)12(20)22-9-13(4,5)14(6,7)23-11(3)15(8,21)16(17,18)19/h11,21H,1,9H2,2-8H3. The molecule has 0 saturated heterocycles. The summed E-state index contributed by atoms with van der Waals surface area (Å²) in [5, 5.41) is 9.69. The number of ether oxygens (including phenoxy) is 2. The number of hydrogen-bond acceptors (Lipinski definition) is 4. The summed E-state index contributed by atoms with van der Waals surface area (Å²) in [6.07, 6.45) is -6.33. The second kappa shape index (κ2) is 6.81. The van der Waals surface area contributed by atoms with Crippen molar-refractivity contribution in [3.8, 4) is 0 Å². The number of alkyl halides is 3. The number of carbonyl (C=O) groups is 1. The predicted molar refractivity (Wildman–Crippen MR) is 80.9 cm³/mol. The maximum absolute atomic E-state index is 12.9. The molecule has 136 valence electrons. The molecule has 0 radical (unpaired) electrons. The van der Waals surface area contributed by atoms with Crippen LogP contribution in [0.4, 0.5) is 13.2 Å². The molecule has 0 spiro atoms. The first kappa shape index (κ1) is 21.9. The van der Waals surface area contributed by atoms with Crippen molar-refractivity contribution in [1.82, 2.24) is 0 Å². The topological polar surface area (TPSA) is 55.8 Å². The van der Waals surface area contributed by atoms with E-state index in [1.54, 1.807) is 27.7 Å². The lowest BCUT2D eigenvalue weighted by atomic mass is 9.77. The molecule has 1 N–H and O–H groups in total. The van der Waals surface area contributed by atoms with Gasteiger partial charge < -0.3 is 14.6 Å². The Balaban J connectivity index is 5.10. The van der Waals surface area contributed by atoms with Crippen molar-refractivity contribution < 1.29 is 32.5 Å². The minimum Gasteiger partial charge on any atom is -0.462 e. The monoisotopic (exact) mass is 340 g/mol. The van der Waals surface area contributed by atoms with Crippen LogP contribution in [-0.4, -0.2) is 41.2 Å². The first-order valence-electron chi connectivity index (χ1n) is 7.25. The first-order valence-corrected chi connectivity index (χ1v) is 7.25. The fraction of sp³-hybridized carbons (Fsp3) is 0.812. The Bertz CT molecular complexity index is 451. The van der Waals surface area contributed by atoms with E-state index in [1.165, 1.54) is 6.92 Å². The third-order valence-corrected chi connectivity index (χ3v) is 4.38. The van der Waals surface area contributed by atoms with E-state index in [9.17, 15) is 23.1 Å². The van der Waals surface area contributed by atoms with E-state index in [1.807, 2.05) is 0 Å². The van der Waals surface area contributed by atoms with Crippen molar-refractivity contribution in [3.05, 3.63) is 12.2 Å². The zero-order valence-electron chi connectivity index (χ0n) is 14.8. The number of hydrogen-bond donors (Lipinski definition) is 1. The Hall–Kier alpha value is -1.08. The molecule has 7 heteroatoms. The molecule has 0 aromatic heterocycles. The van der Waals surface area contributed by atoms with Crippen LogP contribution >= 0.6 is 0 Å². The molecular formula is C16H27F3O4. The van der Waals surface area contributed by atoms with Gasteiger partial charge in [0.2, 0.25) is 0 Å². The summed E-state index contributed by atoms with van der Waals surface area (Å²) in [4.78, 5) is 11.5. The van der Waals surface area contributed by atoms with Crippen molar-refractivity contribution in [2.45, 2.75) is 71.9 Å². The Morgan fingerprint density at radius 3 is 1.96 bits per heavy atom. The fourth-order valence-electron chi connectivity index (χ4n) is 1.49. The van der Waals surface area contributed by atoms with Crippen molar-refractivity contribution in [1.29, 1.82) is 0 Å². The van der Waals surface area contributed by atoms with Crippen LogP contribution in [0.25, 0.3) is 0 Å². The lowest BCUT2D eigenvalue weighted by molar-refractivity contribution is -0.304. The van der Waals surface area contributed by atoms with Crippen molar-refractivity contribution in [2.75, 3.05) is 6.61 Å². The minimum absolute atomic E-state index is 0.0629. The Morgan fingerprint density at radius 2 is 1.61 bits per heavy atom. The summed E-state index contributed by atoms with van der Waals surface area (Å²) in [5.74, 6) is -0.579. The van der Waals surface area contributed by atoms with E-state index < -0.39 is 34.9 Å². The highest BCUT2D eigenvalue weighted by Gasteiger charge is 2.56. The number of esters is 1. The van der Waals surface area contributed by atoms with E-state index in [4.69, 9.17) is 9.47 Å². The third kappa shape index (κ3) is 5.21. The average Bonchev–Trinajstić information content (AvgIpc) is 2.33. The van der Waals surface area contributed by atoms with Crippen LogP contribution in [-0.2, 0) is 14.3 Å². The van der Waals surface area contributed by atoms with Crippen LogP contribution in [0.15, 0.2) is 12.2 Å². The summed E-state index contributed by atoms with van der Waals surface area (Å²) in [6, 6.07) is 0. The maximum Gasteiger partial charge on any atom is 0.419 e. The van der Waals surface area contributed by atoms with Crippen LogP contribution in [0.1, 0.15) is 48.5 Å². The maximum atomic E-state index is 12.9. The van der Waals surface area contributed by atoms with E-state index in [0.717, 1.165) is 6.92 Å². The Labute approximate surface area is 135 Å². The highest BCUT2D eigenvalue weighted by atomic mass is 19.4. The van der Waals surface area contributed by atoms with Gasteiger partial charge in [-0.25, -0.2) is 4.79 Å². The van der Waals surface area contributed by atoms with Crippen LogP contribution in [0.5, 0.6) is 0 Å².